The minimum atomic E-state index is -1.32. The van der Waals surface area contributed by atoms with Crippen LogP contribution in [-0.2, 0) is 0 Å². The van der Waals surface area contributed by atoms with Crippen LogP contribution in [0.25, 0.3) is 0 Å². The fraction of sp³-hybridized carbons (Fsp3) is 0.0833. The van der Waals surface area contributed by atoms with Gasteiger partial charge in [0.05, 0.1) is 11.8 Å². The van der Waals surface area contributed by atoms with Crippen molar-refractivity contribution in [3.63, 3.8) is 0 Å². The minimum Gasteiger partial charge on any atom is -0.478 e. The molecule has 0 amide bonds. The largest absolute Gasteiger partial charge is 0.478 e. The van der Waals surface area contributed by atoms with Crippen LogP contribution in [0.3, 0.4) is 0 Å². The van der Waals surface area contributed by atoms with Gasteiger partial charge in [-0.2, -0.15) is 5.10 Å². The summed E-state index contributed by atoms with van der Waals surface area (Å²) in [7, 11) is 0. The van der Waals surface area contributed by atoms with Crippen molar-refractivity contribution in [3.8, 4) is 11.6 Å². The molecule has 18 heavy (non-hydrogen) atoms. The van der Waals surface area contributed by atoms with Crippen molar-refractivity contribution >= 4 is 5.97 Å². The molecule has 0 radical (unpaired) electrons. The predicted octanol–water partition coefficient (Wildman–Crippen LogP) is 2.41. The van der Waals surface area contributed by atoms with Crippen LogP contribution in [0.5, 0.6) is 11.6 Å². The van der Waals surface area contributed by atoms with Crippen LogP contribution in [0.15, 0.2) is 30.5 Å². The van der Waals surface area contributed by atoms with Gasteiger partial charge in [0, 0.05) is 12.1 Å². The number of hydrogen-bond acceptors (Lipinski definition) is 4. The van der Waals surface area contributed by atoms with Gasteiger partial charge in [0.15, 0.2) is 0 Å². The first kappa shape index (κ1) is 12.0. The summed E-state index contributed by atoms with van der Waals surface area (Å²) < 4.78 is 18.7. The summed E-state index contributed by atoms with van der Waals surface area (Å²) in [5, 5.41) is 16.1. The van der Waals surface area contributed by atoms with Crippen molar-refractivity contribution in [1.82, 2.24) is 10.2 Å². The molecule has 5 nitrogen and oxygen atoms in total. The highest BCUT2D eigenvalue weighted by Gasteiger charge is 2.11. The fourth-order valence-electron chi connectivity index (χ4n) is 1.34. The van der Waals surface area contributed by atoms with E-state index >= 15 is 0 Å². The Labute approximate surface area is 102 Å². The number of benzene rings is 1. The Balaban J connectivity index is 2.25. The summed E-state index contributed by atoms with van der Waals surface area (Å²) in [6.07, 6.45) is 1.56. The second-order valence-electron chi connectivity index (χ2n) is 3.62. The molecule has 1 aromatic heterocycles. The van der Waals surface area contributed by atoms with Gasteiger partial charge in [-0.25, -0.2) is 9.18 Å². The van der Waals surface area contributed by atoms with Crippen LogP contribution < -0.4 is 4.74 Å². The first-order chi connectivity index (χ1) is 8.56. The zero-order valence-corrected chi connectivity index (χ0v) is 9.42. The van der Waals surface area contributed by atoms with E-state index in [0.29, 0.717) is 0 Å². The lowest BCUT2D eigenvalue weighted by Gasteiger charge is -2.05. The molecule has 0 spiro atoms. The monoisotopic (exact) mass is 248 g/mol. The van der Waals surface area contributed by atoms with Crippen LogP contribution in [0.1, 0.15) is 15.9 Å². The number of carboxylic acids is 1. The van der Waals surface area contributed by atoms with E-state index in [1.54, 1.807) is 12.3 Å². The van der Waals surface area contributed by atoms with E-state index in [1.807, 2.05) is 6.92 Å². The third-order valence-corrected chi connectivity index (χ3v) is 2.16. The number of aromatic nitrogens is 2. The summed E-state index contributed by atoms with van der Waals surface area (Å²) >= 11 is 0. The fourth-order valence-corrected chi connectivity index (χ4v) is 1.34. The Morgan fingerprint density at radius 3 is 2.78 bits per heavy atom. The molecule has 0 saturated heterocycles. The lowest BCUT2D eigenvalue weighted by molar-refractivity contribution is 0.0692. The number of ether oxygens (including phenoxy) is 1. The maximum Gasteiger partial charge on any atom is 0.338 e. The molecule has 0 saturated carbocycles. The highest BCUT2D eigenvalue weighted by atomic mass is 19.1. The van der Waals surface area contributed by atoms with Gasteiger partial charge in [-0.3, -0.25) is 0 Å². The second kappa shape index (κ2) is 4.79. The van der Waals surface area contributed by atoms with Gasteiger partial charge in [0.2, 0.25) is 5.88 Å². The molecule has 0 atom stereocenters. The SMILES string of the molecule is Cc1cnnc(Oc2ccc(C(=O)O)c(F)c2)c1. The van der Waals surface area contributed by atoms with Crippen LogP contribution in [0.4, 0.5) is 4.39 Å². The number of carbonyl (C=O) groups is 1. The number of hydrogen-bond donors (Lipinski definition) is 1. The van der Waals surface area contributed by atoms with Crippen molar-refractivity contribution in [2.24, 2.45) is 0 Å². The summed E-state index contributed by atoms with van der Waals surface area (Å²) in [6.45, 7) is 1.82. The third kappa shape index (κ3) is 2.60. The molecule has 0 bridgehead atoms. The van der Waals surface area contributed by atoms with E-state index in [-0.39, 0.29) is 11.6 Å². The Hall–Kier alpha value is -2.50. The van der Waals surface area contributed by atoms with E-state index < -0.39 is 17.3 Å². The molecular formula is C12H9FN2O3. The smallest absolute Gasteiger partial charge is 0.338 e. The number of carboxylic acid groups (broad SMARTS) is 1. The first-order valence-corrected chi connectivity index (χ1v) is 5.06. The number of nitrogens with zero attached hydrogens (tertiary/aromatic N) is 2. The molecule has 1 aromatic carbocycles. The van der Waals surface area contributed by atoms with Crippen LogP contribution in [0, 0.1) is 12.7 Å². The van der Waals surface area contributed by atoms with Crippen molar-refractivity contribution < 1.29 is 19.0 Å². The quantitative estimate of drug-likeness (QED) is 0.902. The summed E-state index contributed by atoms with van der Waals surface area (Å²) in [5.41, 5.74) is 0.445. The van der Waals surface area contributed by atoms with Gasteiger partial charge in [-0.1, -0.05) is 0 Å². The molecule has 1 N–H and O–H groups in total. The number of rotatable bonds is 3. The molecule has 1 heterocycles. The highest BCUT2D eigenvalue weighted by molar-refractivity contribution is 5.88. The van der Waals surface area contributed by atoms with Gasteiger partial charge in [0.1, 0.15) is 11.6 Å². The topological polar surface area (TPSA) is 72.3 Å². The van der Waals surface area contributed by atoms with Gasteiger partial charge < -0.3 is 9.84 Å². The maximum absolute atomic E-state index is 13.4. The van der Waals surface area contributed by atoms with Gasteiger partial charge in [-0.15, -0.1) is 5.10 Å². The number of halogens is 1. The lowest BCUT2D eigenvalue weighted by atomic mass is 10.2. The highest BCUT2D eigenvalue weighted by Crippen LogP contribution is 2.22. The average molecular weight is 248 g/mol. The summed E-state index contributed by atoms with van der Waals surface area (Å²) in [5.74, 6) is -1.80. The molecule has 0 unspecified atom stereocenters. The van der Waals surface area contributed by atoms with Crippen LogP contribution >= 0.6 is 0 Å². The van der Waals surface area contributed by atoms with Gasteiger partial charge in [0.25, 0.3) is 0 Å². The Morgan fingerprint density at radius 1 is 1.39 bits per heavy atom. The minimum absolute atomic E-state index is 0.164. The van der Waals surface area contributed by atoms with E-state index in [0.717, 1.165) is 17.7 Å². The van der Waals surface area contributed by atoms with E-state index in [9.17, 15) is 9.18 Å². The van der Waals surface area contributed by atoms with Crippen molar-refractivity contribution in [1.29, 1.82) is 0 Å². The van der Waals surface area contributed by atoms with Crippen LogP contribution in [0.2, 0.25) is 0 Å². The summed E-state index contributed by atoms with van der Waals surface area (Å²) in [6, 6.07) is 5.12. The third-order valence-electron chi connectivity index (χ3n) is 2.16. The Morgan fingerprint density at radius 2 is 2.17 bits per heavy atom. The van der Waals surface area contributed by atoms with E-state index in [2.05, 4.69) is 10.2 Å². The number of aryl methyl sites for hydroxylation is 1. The van der Waals surface area contributed by atoms with Crippen molar-refractivity contribution in [2.75, 3.05) is 0 Å². The van der Waals surface area contributed by atoms with E-state index in [1.165, 1.54) is 6.07 Å². The second-order valence-corrected chi connectivity index (χ2v) is 3.62. The lowest BCUT2D eigenvalue weighted by Crippen LogP contribution is -2.00. The molecule has 0 fully saturated rings. The van der Waals surface area contributed by atoms with Crippen molar-refractivity contribution in [3.05, 3.63) is 47.4 Å². The Kier molecular flexibility index (Phi) is 3.18. The summed E-state index contributed by atoms with van der Waals surface area (Å²) in [4.78, 5) is 10.6. The normalized spacial score (nSPS) is 10.1. The average Bonchev–Trinajstić information content (AvgIpc) is 2.28. The Bertz CT molecular complexity index is 602. The molecule has 0 aliphatic heterocycles. The first-order valence-electron chi connectivity index (χ1n) is 5.06. The maximum atomic E-state index is 13.4. The molecule has 92 valence electrons. The predicted molar refractivity (Wildman–Crippen MR) is 60.2 cm³/mol. The van der Waals surface area contributed by atoms with Gasteiger partial charge >= 0.3 is 5.97 Å². The van der Waals surface area contributed by atoms with Crippen molar-refractivity contribution in [2.45, 2.75) is 6.92 Å². The van der Waals surface area contributed by atoms with E-state index in [4.69, 9.17) is 9.84 Å². The standard InChI is InChI=1S/C12H9FN2O3/c1-7-4-11(15-14-6-7)18-8-2-3-9(12(16)17)10(13)5-8/h2-6H,1H3,(H,16,17). The zero-order chi connectivity index (χ0) is 13.1. The molecule has 0 aliphatic carbocycles. The molecule has 6 heteroatoms. The zero-order valence-electron chi connectivity index (χ0n) is 9.42. The molecule has 0 aliphatic rings. The van der Waals surface area contributed by atoms with Crippen LogP contribution in [-0.4, -0.2) is 21.3 Å². The molecule has 2 rings (SSSR count). The molecule has 2 aromatic rings. The number of aromatic carboxylic acids is 1. The molecular weight excluding hydrogens is 239 g/mol. The van der Waals surface area contributed by atoms with Gasteiger partial charge in [-0.05, 0) is 24.6 Å².